The summed E-state index contributed by atoms with van der Waals surface area (Å²) in [6, 6.07) is 17.2. The van der Waals surface area contributed by atoms with Crippen LogP contribution in [0, 0.1) is 6.92 Å². The largest absolute Gasteiger partial charge is 0.330 e. The third-order valence-corrected chi connectivity index (χ3v) is 5.61. The SMILES string of the molecule is Cc1ccc(SCc2ccccc2)c(-c2csc(CCN)n2)c1. The minimum atomic E-state index is 0.649. The van der Waals surface area contributed by atoms with Gasteiger partial charge in [0, 0.05) is 28.0 Å². The van der Waals surface area contributed by atoms with Gasteiger partial charge in [0.2, 0.25) is 0 Å². The number of benzene rings is 2. The number of hydrogen-bond donors (Lipinski definition) is 1. The van der Waals surface area contributed by atoms with Gasteiger partial charge in [-0.15, -0.1) is 23.1 Å². The first-order valence-corrected chi connectivity index (χ1v) is 9.55. The number of hydrogen-bond acceptors (Lipinski definition) is 4. The molecule has 3 rings (SSSR count). The van der Waals surface area contributed by atoms with Crippen LogP contribution in [-0.4, -0.2) is 11.5 Å². The van der Waals surface area contributed by atoms with Crippen LogP contribution in [0.2, 0.25) is 0 Å². The van der Waals surface area contributed by atoms with E-state index in [1.807, 2.05) is 11.8 Å². The zero-order valence-electron chi connectivity index (χ0n) is 13.2. The summed E-state index contributed by atoms with van der Waals surface area (Å²) >= 11 is 3.56. The Bertz CT molecular complexity index is 766. The summed E-state index contributed by atoms with van der Waals surface area (Å²) in [7, 11) is 0. The summed E-state index contributed by atoms with van der Waals surface area (Å²) in [5, 5.41) is 3.26. The first-order chi connectivity index (χ1) is 11.3. The third-order valence-electron chi connectivity index (χ3n) is 3.56. The van der Waals surface area contributed by atoms with Crippen molar-refractivity contribution in [2.24, 2.45) is 5.73 Å². The van der Waals surface area contributed by atoms with Crippen molar-refractivity contribution in [2.45, 2.75) is 24.0 Å². The molecule has 2 nitrogen and oxygen atoms in total. The van der Waals surface area contributed by atoms with Crippen molar-refractivity contribution in [3.63, 3.8) is 0 Å². The summed E-state index contributed by atoms with van der Waals surface area (Å²) in [6.07, 6.45) is 0.850. The van der Waals surface area contributed by atoms with E-state index in [9.17, 15) is 0 Å². The van der Waals surface area contributed by atoms with Gasteiger partial charge in [0.05, 0.1) is 10.7 Å². The monoisotopic (exact) mass is 340 g/mol. The average Bonchev–Trinajstić information content (AvgIpc) is 3.03. The van der Waals surface area contributed by atoms with E-state index in [2.05, 4.69) is 60.8 Å². The fraction of sp³-hybridized carbons (Fsp3) is 0.211. The molecular weight excluding hydrogens is 320 g/mol. The van der Waals surface area contributed by atoms with E-state index in [4.69, 9.17) is 10.7 Å². The van der Waals surface area contributed by atoms with Gasteiger partial charge < -0.3 is 5.73 Å². The van der Waals surface area contributed by atoms with E-state index in [1.165, 1.54) is 21.6 Å². The molecule has 0 saturated heterocycles. The van der Waals surface area contributed by atoms with Crippen molar-refractivity contribution in [1.29, 1.82) is 0 Å². The van der Waals surface area contributed by atoms with Crippen molar-refractivity contribution in [2.75, 3.05) is 6.54 Å². The maximum Gasteiger partial charge on any atom is 0.0945 e. The molecule has 0 fully saturated rings. The van der Waals surface area contributed by atoms with Crippen LogP contribution in [0.15, 0.2) is 58.8 Å². The van der Waals surface area contributed by atoms with Crippen LogP contribution in [0.1, 0.15) is 16.1 Å². The van der Waals surface area contributed by atoms with Gasteiger partial charge in [-0.2, -0.15) is 0 Å². The van der Waals surface area contributed by atoms with E-state index in [-0.39, 0.29) is 0 Å². The van der Waals surface area contributed by atoms with Crippen LogP contribution in [0.4, 0.5) is 0 Å². The van der Waals surface area contributed by atoms with Crippen molar-refractivity contribution in [1.82, 2.24) is 4.98 Å². The van der Waals surface area contributed by atoms with Crippen molar-refractivity contribution in [3.05, 3.63) is 70.0 Å². The van der Waals surface area contributed by atoms with Gasteiger partial charge >= 0.3 is 0 Å². The van der Waals surface area contributed by atoms with E-state index >= 15 is 0 Å². The lowest BCUT2D eigenvalue weighted by atomic mass is 10.1. The molecule has 0 saturated carbocycles. The Hall–Kier alpha value is -1.62. The molecule has 0 spiro atoms. The number of thioether (sulfide) groups is 1. The molecule has 0 aliphatic rings. The predicted molar refractivity (Wildman–Crippen MR) is 101 cm³/mol. The lowest BCUT2D eigenvalue weighted by Crippen LogP contribution is -2.02. The van der Waals surface area contributed by atoms with Gasteiger partial charge in [-0.05, 0) is 31.2 Å². The summed E-state index contributed by atoms with van der Waals surface area (Å²) in [5.74, 6) is 0.969. The van der Waals surface area contributed by atoms with Gasteiger partial charge in [-0.3, -0.25) is 0 Å². The van der Waals surface area contributed by atoms with Gasteiger partial charge in [0.1, 0.15) is 0 Å². The van der Waals surface area contributed by atoms with E-state index in [0.29, 0.717) is 6.54 Å². The number of nitrogens with zero attached hydrogens (tertiary/aromatic N) is 1. The molecule has 118 valence electrons. The molecular formula is C19H20N2S2. The Kier molecular flexibility index (Phi) is 5.49. The maximum atomic E-state index is 5.64. The normalized spacial score (nSPS) is 10.9. The minimum Gasteiger partial charge on any atom is -0.330 e. The number of thiazole rings is 1. The summed E-state index contributed by atoms with van der Waals surface area (Å²) in [5.41, 5.74) is 10.5. The topological polar surface area (TPSA) is 38.9 Å². The standard InChI is InChI=1S/C19H20N2S2/c1-14-7-8-18(22-12-15-5-3-2-4-6-15)16(11-14)17-13-23-19(21-17)9-10-20/h2-8,11,13H,9-10,12,20H2,1H3. The number of aromatic nitrogens is 1. The van der Waals surface area contributed by atoms with Crippen molar-refractivity contribution >= 4 is 23.1 Å². The summed E-state index contributed by atoms with van der Waals surface area (Å²) in [6.45, 7) is 2.78. The highest BCUT2D eigenvalue weighted by molar-refractivity contribution is 7.98. The van der Waals surface area contributed by atoms with Crippen LogP contribution in [-0.2, 0) is 12.2 Å². The molecule has 0 amide bonds. The molecule has 0 aliphatic carbocycles. The smallest absolute Gasteiger partial charge is 0.0945 e. The molecule has 23 heavy (non-hydrogen) atoms. The number of rotatable bonds is 6. The highest BCUT2D eigenvalue weighted by atomic mass is 32.2. The molecule has 2 N–H and O–H groups in total. The van der Waals surface area contributed by atoms with Gasteiger partial charge in [0.25, 0.3) is 0 Å². The number of aryl methyl sites for hydroxylation is 1. The van der Waals surface area contributed by atoms with Crippen LogP contribution in [0.25, 0.3) is 11.3 Å². The maximum absolute atomic E-state index is 5.64. The van der Waals surface area contributed by atoms with E-state index in [1.54, 1.807) is 11.3 Å². The zero-order valence-corrected chi connectivity index (χ0v) is 14.8. The fourth-order valence-corrected chi connectivity index (χ4v) is 4.19. The highest BCUT2D eigenvalue weighted by Crippen LogP contribution is 2.34. The van der Waals surface area contributed by atoms with E-state index < -0.39 is 0 Å². The van der Waals surface area contributed by atoms with Crippen molar-refractivity contribution < 1.29 is 0 Å². The average molecular weight is 341 g/mol. The fourth-order valence-electron chi connectivity index (χ4n) is 2.38. The van der Waals surface area contributed by atoms with Crippen LogP contribution in [0.3, 0.4) is 0 Å². The second-order valence-electron chi connectivity index (χ2n) is 5.44. The minimum absolute atomic E-state index is 0.649. The number of nitrogens with two attached hydrogens (primary N) is 1. The molecule has 0 radical (unpaired) electrons. The second-order valence-corrected chi connectivity index (χ2v) is 7.40. The van der Waals surface area contributed by atoms with Gasteiger partial charge in [-0.1, -0.05) is 42.0 Å². The lowest BCUT2D eigenvalue weighted by molar-refractivity contribution is 0.954. The van der Waals surface area contributed by atoms with Gasteiger partial charge in [0.15, 0.2) is 0 Å². The van der Waals surface area contributed by atoms with Crippen LogP contribution >= 0.6 is 23.1 Å². The van der Waals surface area contributed by atoms with Crippen molar-refractivity contribution in [3.8, 4) is 11.3 Å². The Morgan fingerprint density at radius 1 is 1.13 bits per heavy atom. The van der Waals surface area contributed by atoms with Crippen LogP contribution < -0.4 is 5.73 Å². The Balaban J connectivity index is 1.85. The van der Waals surface area contributed by atoms with Crippen LogP contribution in [0.5, 0.6) is 0 Å². The molecule has 3 aromatic rings. The second kappa shape index (κ2) is 7.77. The predicted octanol–water partition coefficient (Wildman–Crippen LogP) is 4.91. The summed E-state index contributed by atoms with van der Waals surface area (Å²) in [4.78, 5) is 6.03. The quantitative estimate of drug-likeness (QED) is 0.648. The molecule has 0 unspecified atom stereocenters. The first-order valence-electron chi connectivity index (χ1n) is 7.68. The molecule has 0 bridgehead atoms. The molecule has 1 aromatic heterocycles. The molecule has 4 heteroatoms. The summed E-state index contributed by atoms with van der Waals surface area (Å²) < 4.78 is 0. The first kappa shape index (κ1) is 16.2. The Labute approximate surface area is 145 Å². The van der Waals surface area contributed by atoms with Gasteiger partial charge in [-0.25, -0.2) is 4.98 Å². The highest BCUT2D eigenvalue weighted by Gasteiger charge is 2.10. The third kappa shape index (κ3) is 4.22. The Morgan fingerprint density at radius 3 is 2.74 bits per heavy atom. The van der Waals surface area contributed by atoms with E-state index in [0.717, 1.165) is 22.9 Å². The molecule has 2 aromatic carbocycles. The zero-order chi connectivity index (χ0) is 16.1. The molecule has 0 aliphatic heterocycles. The molecule has 0 atom stereocenters. The molecule has 1 heterocycles. The lowest BCUT2D eigenvalue weighted by Gasteiger charge is -2.09. The Morgan fingerprint density at radius 2 is 1.96 bits per heavy atom.